The van der Waals surface area contributed by atoms with Crippen LogP contribution in [0.5, 0.6) is 0 Å². The first kappa shape index (κ1) is 17.4. The van der Waals surface area contributed by atoms with Crippen molar-refractivity contribution in [2.24, 2.45) is 0 Å². The zero-order chi connectivity index (χ0) is 20.2. The van der Waals surface area contributed by atoms with Gasteiger partial charge in [-0.2, -0.15) is 0 Å². The van der Waals surface area contributed by atoms with Gasteiger partial charge in [-0.1, -0.05) is 29.8 Å². The van der Waals surface area contributed by atoms with E-state index in [0.717, 1.165) is 16.5 Å². The number of anilines is 1. The summed E-state index contributed by atoms with van der Waals surface area (Å²) in [6.45, 7) is 1.87. The van der Waals surface area contributed by atoms with Crippen LogP contribution in [0.15, 0.2) is 48.5 Å². The molecule has 138 valence electrons. The van der Waals surface area contributed by atoms with Crippen LogP contribution in [0.2, 0.25) is 0 Å². The number of hydrogen-bond acceptors (Lipinski definition) is 4. The Balaban J connectivity index is 2.04. The Labute approximate surface area is 158 Å². The number of carbonyl (C=O) groups is 4. The maximum atomic E-state index is 13.1. The highest BCUT2D eigenvalue weighted by atomic mass is 16.4. The molecule has 0 aromatic heterocycles. The molecule has 3 aromatic carbocycles. The average Bonchev–Trinajstić information content (AvgIpc) is 2.91. The predicted octanol–water partition coefficient (Wildman–Crippen LogP) is 3.35. The summed E-state index contributed by atoms with van der Waals surface area (Å²) in [4.78, 5) is 50.3. The van der Waals surface area contributed by atoms with Gasteiger partial charge in [0.15, 0.2) is 0 Å². The minimum atomic E-state index is -1.38. The number of rotatable bonds is 3. The second kappa shape index (κ2) is 6.02. The van der Waals surface area contributed by atoms with Crippen molar-refractivity contribution in [3.05, 3.63) is 76.3 Å². The zero-order valence-electron chi connectivity index (χ0n) is 14.6. The third kappa shape index (κ3) is 2.37. The van der Waals surface area contributed by atoms with Crippen molar-refractivity contribution in [3.8, 4) is 0 Å². The summed E-state index contributed by atoms with van der Waals surface area (Å²) in [5, 5.41) is 19.1. The van der Waals surface area contributed by atoms with Gasteiger partial charge < -0.3 is 10.2 Å². The number of benzene rings is 3. The van der Waals surface area contributed by atoms with Gasteiger partial charge in [-0.05, 0) is 36.6 Å². The number of fused-ring (bicyclic) bond motifs is 3. The van der Waals surface area contributed by atoms with Gasteiger partial charge in [0.25, 0.3) is 11.8 Å². The lowest BCUT2D eigenvalue weighted by Gasteiger charge is -2.14. The molecule has 7 nitrogen and oxygen atoms in total. The fraction of sp³-hybridized carbons (Fsp3) is 0.0476. The van der Waals surface area contributed by atoms with Crippen LogP contribution < -0.4 is 4.90 Å². The van der Waals surface area contributed by atoms with Crippen LogP contribution >= 0.6 is 0 Å². The first-order valence-corrected chi connectivity index (χ1v) is 8.33. The second-order valence-electron chi connectivity index (χ2n) is 6.47. The molecule has 0 atom stereocenters. The fourth-order valence-corrected chi connectivity index (χ4v) is 3.48. The number of aromatic carboxylic acids is 2. The minimum absolute atomic E-state index is 0.00803. The molecule has 7 heteroatoms. The maximum Gasteiger partial charge on any atom is 0.336 e. The normalized spacial score (nSPS) is 13.1. The lowest BCUT2D eigenvalue weighted by Crippen LogP contribution is -2.29. The van der Waals surface area contributed by atoms with Crippen LogP contribution in [0.3, 0.4) is 0 Å². The highest BCUT2D eigenvalue weighted by molar-refractivity contribution is 6.39. The van der Waals surface area contributed by atoms with Gasteiger partial charge in [-0.15, -0.1) is 0 Å². The largest absolute Gasteiger partial charge is 0.478 e. The lowest BCUT2D eigenvalue weighted by atomic mass is 9.92. The number of imide groups is 1. The molecule has 4 rings (SSSR count). The summed E-state index contributed by atoms with van der Waals surface area (Å²) in [6.07, 6.45) is 0. The minimum Gasteiger partial charge on any atom is -0.478 e. The molecule has 2 N–H and O–H groups in total. The molecule has 0 saturated carbocycles. The van der Waals surface area contributed by atoms with Crippen LogP contribution in [0.25, 0.3) is 10.8 Å². The Morgan fingerprint density at radius 1 is 0.857 bits per heavy atom. The molecular formula is C21H13NO6. The van der Waals surface area contributed by atoms with E-state index in [1.54, 1.807) is 24.3 Å². The molecule has 1 aliphatic rings. The van der Waals surface area contributed by atoms with Gasteiger partial charge >= 0.3 is 11.9 Å². The third-order valence-electron chi connectivity index (χ3n) is 4.76. The molecule has 0 bridgehead atoms. The number of amides is 2. The molecule has 28 heavy (non-hydrogen) atoms. The molecular weight excluding hydrogens is 362 g/mol. The molecule has 0 fully saturated rings. The molecule has 0 radical (unpaired) electrons. The van der Waals surface area contributed by atoms with E-state index in [4.69, 9.17) is 0 Å². The van der Waals surface area contributed by atoms with E-state index in [-0.39, 0.29) is 33.0 Å². The van der Waals surface area contributed by atoms with Crippen LogP contribution in [-0.2, 0) is 0 Å². The Morgan fingerprint density at radius 3 is 2.11 bits per heavy atom. The summed E-state index contributed by atoms with van der Waals surface area (Å²) >= 11 is 0. The maximum absolute atomic E-state index is 13.1. The SMILES string of the molecule is Cc1ccc(N2C(=O)c3cc(C(=O)O)c4c(C(=O)O)cccc4c3C2=O)cc1. The molecule has 1 heterocycles. The summed E-state index contributed by atoms with van der Waals surface area (Å²) in [5.74, 6) is -3.96. The summed E-state index contributed by atoms with van der Waals surface area (Å²) in [6, 6.07) is 12.0. The van der Waals surface area contributed by atoms with E-state index in [1.807, 2.05) is 6.92 Å². The fourth-order valence-electron chi connectivity index (χ4n) is 3.48. The number of hydrogen-bond donors (Lipinski definition) is 2. The van der Waals surface area contributed by atoms with Crippen LogP contribution in [0.1, 0.15) is 47.0 Å². The average molecular weight is 375 g/mol. The summed E-state index contributed by atoms with van der Waals surface area (Å²) in [7, 11) is 0. The van der Waals surface area contributed by atoms with Crippen molar-refractivity contribution < 1.29 is 29.4 Å². The smallest absolute Gasteiger partial charge is 0.336 e. The van der Waals surface area contributed by atoms with Crippen molar-refractivity contribution in [1.82, 2.24) is 0 Å². The van der Waals surface area contributed by atoms with E-state index in [1.165, 1.54) is 18.2 Å². The Morgan fingerprint density at radius 2 is 1.50 bits per heavy atom. The Kier molecular flexibility index (Phi) is 3.74. The standard InChI is InChI=1S/C21H13NO6/c1-10-5-7-11(8-6-10)22-18(23)14-9-15(21(27)28)16-12(17(14)19(22)24)3-2-4-13(16)20(25)26/h2-9H,1H3,(H,25,26)(H,27,28). The molecule has 0 aliphatic carbocycles. The Bertz CT molecular complexity index is 1210. The van der Waals surface area contributed by atoms with Crippen molar-refractivity contribution in [2.45, 2.75) is 6.92 Å². The van der Waals surface area contributed by atoms with Crippen molar-refractivity contribution >= 4 is 40.2 Å². The number of aryl methyl sites for hydroxylation is 1. The number of carbonyl (C=O) groups excluding carboxylic acids is 2. The van der Waals surface area contributed by atoms with Gasteiger partial charge in [0.1, 0.15) is 0 Å². The quantitative estimate of drug-likeness (QED) is 0.679. The molecule has 3 aromatic rings. The molecule has 2 amide bonds. The first-order chi connectivity index (χ1) is 13.3. The van der Waals surface area contributed by atoms with Crippen molar-refractivity contribution in [3.63, 3.8) is 0 Å². The lowest BCUT2D eigenvalue weighted by molar-refractivity contribution is 0.0695. The van der Waals surface area contributed by atoms with Gasteiger partial charge in [0.2, 0.25) is 0 Å². The molecule has 0 unspecified atom stereocenters. The molecule has 1 aliphatic heterocycles. The number of nitrogens with zero attached hydrogens (tertiary/aromatic N) is 1. The molecule has 0 saturated heterocycles. The van der Waals surface area contributed by atoms with Gasteiger partial charge in [-0.3, -0.25) is 9.59 Å². The van der Waals surface area contributed by atoms with Gasteiger partial charge in [0.05, 0.1) is 27.9 Å². The van der Waals surface area contributed by atoms with Crippen molar-refractivity contribution in [2.75, 3.05) is 4.90 Å². The van der Waals surface area contributed by atoms with E-state index < -0.39 is 23.8 Å². The van der Waals surface area contributed by atoms with E-state index in [2.05, 4.69) is 0 Å². The number of carboxylic acids is 2. The summed E-state index contributed by atoms with van der Waals surface area (Å²) in [5.41, 5.74) is 0.679. The van der Waals surface area contributed by atoms with Gasteiger partial charge in [0, 0.05) is 5.39 Å². The van der Waals surface area contributed by atoms with E-state index in [9.17, 15) is 29.4 Å². The van der Waals surface area contributed by atoms with Crippen LogP contribution in [-0.4, -0.2) is 34.0 Å². The first-order valence-electron chi connectivity index (χ1n) is 8.33. The summed E-state index contributed by atoms with van der Waals surface area (Å²) < 4.78 is 0. The number of carboxylic acid groups (broad SMARTS) is 2. The topological polar surface area (TPSA) is 112 Å². The van der Waals surface area contributed by atoms with Crippen LogP contribution in [0, 0.1) is 6.92 Å². The highest BCUT2D eigenvalue weighted by Crippen LogP contribution is 2.36. The highest BCUT2D eigenvalue weighted by Gasteiger charge is 2.39. The predicted molar refractivity (Wildman–Crippen MR) is 100 cm³/mol. The monoisotopic (exact) mass is 375 g/mol. The van der Waals surface area contributed by atoms with Crippen LogP contribution in [0.4, 0.5) is 5.69 Å². The third-order valence-corrected chi connectivity index (χ3v) is 4.76. The zero-order valence-corrected chi connectivity index (χ0v) is 14.6. The van der Waals surface area contributed by atoms with E-state index in [0.29, 0.717) is 5.69 Å². The Hall–Kier alpha value is -4.00. The van der Waals surface area contributed by atoms with Gasteiger partial charge in [-0.25, -0.2) is 14.5 Å². The van der Waals surface area contributed by atoms with Crippen molar-refractivity contribution in [1.29, 1.82) is 0 Å². The van der Waals surface area contributed by atoms with E-state index >= 15 is 0 Å². The molecule has 0 spiro atoms. The second-order valence-corrected chi connectivity index (χ2v) is 6.47.